The molecular weight excluding hydrogens is 1150 g/mol. The first kappa shape index (κ1) is 57.9. The molecule has 8 aromatic carbocycles. The zero-order valence-electron chi connectivity index (χ0n) is 42.4. The summed E-state index contributed by atoms with van der Waals surface area (Å²) in [5.41, 5.74) is 5.67. The van der Waals surface area contributed by atoms with E-state index in [1.807, 2.05) is 0 Å². The summed E-state index contributed by atoms with van der Waals surface area (Å²) in [6.07, 6.45) is 0.730. The van der Waals surface area contributed by atoms with E-state index >= 15 is 0 Å². The molecule has 0 aliphatic rings. The fourth-order valence-electron chi connectivity index (χ4n) is 7.69. The van der Waals surface area contributed by atoms with E-state index in [1.165, 1.54) is 115 Å². The lowest BCUT2D eigenvalue weighted by Crippen LogP contribution is -2.06. The Hall–Kier alpha value is -8.27. The van der Waals surface area contributed by atoms with Gasteiger partial charge < -0.3 is 19.8 Å². The fourth-order valence-corrected chi connectivity index (χ4v) is 11.0. The average Bonchev–Trinajstić information content (AvgIpc) is 3.58. The minimum atomic E-state index is -4.39. The molecule has 8 aromatic rings. The van der Waals surface area contributed by atoms with E-state index in [4.69, 9.17) is 23.0 Å². The topological polar surface area (TPSA) is 371 Å². The second-order valence-corrected chi connectivity index (χ2v) is 24.8. The average molecular weight is 1190 g/mol. The Kier molecular flexibility index (Phi) is 16.5. The van der Waals surface area contributed by atoms with Gasteiger partial charge in [-0.05, 0) is 91.9 Å². The highest BCUT2D eigenvalue weighted by Crippen LogP contribution is 2.50. The van der Waals surface area contributed by atoms with Crippen molar-refractivity contribution in [2.75, 3.05) is 47.0 Å². The zero-order chi connectivity index (χ0) is 58.0. The van der Waals surface area contributed by atoms with E-state index in [0.717, 1.165) is 40.8 Å². The second kappa shape index (κ2) is 22.8. The number of anilines is 1. The number of rotatable bonds is 20. The fraction of sp³-hybridized carbons (Fsp3) is 0.143. The number of nitrogens with zero attached hydrogens (tertiary/aromatic N) is 8. The van der Waals surface area contributed by atoms with Crippen LogP contribution in [0.1, 0.15) is 6.92 Å². The van der Waals surface area contributed by atoms with Gasteiger partial charge in [-0.2, -0.15) is 47.2 Å². The first-order chi connectivity index (χ1) is 37.8. The van der Waals surface area contributed by atoms with Gasteiger partial charge in [0.15, 0.2) is 17.2 Å². The van der Waals surface area contributed by atoms with Gasteiger partial charge in [0, 0.05) is 38.4 Å². The van der Waals surface area contributed by atoms with Crippen molar-refractivity contribution in [2.45, 2.75) is 26.5 Å². The molecule has 0 saturated carbocycles. The van der Waals surface area contributed by atoms with Crippen LogP contribution in [0.2, 0.25) is 0 Å². The maximum atomic E-state index is 13.2. The van der Waals surface area contributed by atoms with Crippen molar-refractivity contribution in [1.29, 1.82) is 0 Å². The second-order valence-electron chi connectivity index (χ2n) is 16.4. The van der Waals surface area contributed by atoms with Crippen LogP contribution in [-0.4, -0.2) is 88.5 Å². The number of ether oxygens (including phenoxy) is 1. The number of azo groups is 4. The Balaban J connectivity index is 1.29. The quantitative estimate of drug-likeness (QED) is 0.0406. The molecule has 8 rings (SSSR count). The lowest BCUT2D eigenvalue weighted by molar-refractivity contribution is 0.342. The normalized spacial score (nSPS) is 13.0. The van der Waals surface area contributed by atoms with Gasteiger partial charge in [0.2, 0.25) is 0 Å². The highest BCUT2D eigenvalue weighted by molar-refractivity contribution is 7.87. The maximum absolute atomic E-state index is 13.2. The van der Waals surface area contributed by atoms with Crippen LogP contribution in [0.15, 0.2) is 182 Å². The van der Waals surface area contributed by atoms with E-state index in [2.05, 4.69) is 49.3 Å². The summed E-state index contributed by atoms with van der Waals surface area (Å²) < 4.78 is 158. The molecule has 0 bridgehead atoms. The standard InChI is InChI=1S/C49H43N9O17S5/c1-7-74-43-27-42(55-53-40-22-21-39(32-17-15-30(24-35(32)40)78(64,65)71-3)52-51-28-11-10-12-29(23-28)77(62,63)70-2)36-25-31(79(66,67)72-4)16-18-33(36)47(43)57-58-48-44(75-76(6,60)61)26-37-34(49(48)59)19-20-38(50)46(37)56-54-41-13-8-9-14-45(41)80(68,69)73-5/h8-27,59H,7,50H2,1-6H3. The number of phenols is 1. The highest BCUT2D eigenvalue weighted by Gasteiger charge is 2.25. The van der Waals surface area contributed by atoms with Crippen LogP contribution in [0.3, 0.4) is 0 Å². The predicted octanol–water partition coefficient (Wildman–Crippen LogP) is 11.2. The summed E-state index contributed by atoms with van der Waals surface area (Å²) in [6, 6.07) is 26.8. The molecular formula is C49H43N9O17S5. The van der Waals surface area contributed by atoms with Crippen LogP contribution in [-0.2, 0) is 67.3 Å². The molecule has 0 aliphatic heterocycles. The van der Waals surface area contributed by atoms with Gasteiger partial charge in [0.25, 0.3) is 40.5 Å². The lowest BCUT2D eigenvalue weighted by Gasteiger charge is -2.14. The molecule has 0 heterocycles. The SMILES string of the molecule is CCOc1cc(N=Nc2ccc(N=Nc3cccc(S(=O)(=O)OC)c3)c3ccc(S(=O)(=O)OC)cc23)c2cc(S(=O)(=O)OC)ccc2c1N=Nc1c(OS(C)(=O)=O)cc2c(N=Nc3ccccc3S(=O)(=O)OC)c(N)ccc2c1O. The number of aromatic hydroxyl groups is 1. The number of phenolic OH excluding ortho intramolecular Hbond substituents is 1. The molecule has 0 aliphatic carbocycles. The van der Waals surface area contributed by atoms with Gasteiger partial charge in [-0.25, -0.2) is 0 Å². The molecule has 80 heavy (non-hydrogen) atoms. The van der Waals surface area contributed by atoms with Crippen molar-refractivity contribution in [1.82, 2.24) is 0 Å². The highest BCUT2D eigenvalue weighted by atomic mass is 32.2. The Labute approximate surface area is 457 Å². The van der Waals surface area contributed by atoms with E-state index in [9.17, 15) is 47.2 Å². The third-order valence-corrected chi connectivity index (χ3v) is 17.1. The van der Waals surface area contributed by atoms with E-state index < -0.39 is 67.8 Å². The molecule has 31 heteroatoms. The van der Waals surface area contributed by atoms with E-state index in [-0.39, 0.29) is 104 Å². The Morgan fingerprint density at radius 1 is 0.438 bits per heavy atom. The minimum Gasteiger partial charge on any atom is -0.505 e. The van der Waals surface area contributed by atoms with Crippen LogP contribution in [0, 0.1) is 0 Å². The molecule has 0 fully saturated rings. The molecule has 26 nitrogen and oxygen atoms in total. The minimum absolute atomic E-state index is 0.00503. The zero-order valence-corrected chi connectivity index (χ0v) is 46.5. The van der Waals surface area contributed by atoms with Gasteiger partial charge >= 0.3 is 10.1 Å². The van der Waals surface area contributed by atoms with Crippen LogP contribution >= 0.6 is 0 Å². The first-order valence-corrected chi connectivity index (χ1v) is 30.2. The van der Waals surface area contributed by atoms with Crippen molar-refractivity contribution in [2.24, 2.45) is 40.9 Å². The summed E-state index contributed by atoms with van der Waals surface area (Å²) in [7, 11) is -17.5. The Morgan fingerprint density at radius 3 is 1.59 bits per heavy atom. The van der Waals surface area contributed by atoms with Crippen LogP contribution in [0.5, 0.6) is 17.2 Å². The van der Waals surface area contributed by atoms with Crippen molar-refractivity contribution < 1.29 is 72.8 Å². The number of nitrogen functional groups attached to an aromatic ring is 1. The van der Waals surface area contributed by atoms with Crippen molar-refractivity contribution >= 4 is 134 Å². The van der Waals surface area contributed by atoms with E-state index in [0.29, 0.717) is 5.39 Å². The number of hydrogen-bond donors (Lipinski definition) is 2. The largest absolute Gasteiger partial charge is 0.505 e. The summed E-state index contributed by atoms with van der Waals surface area (Å²) in [5.74, 6) is -1.33. The Bertz CT molecular complexity index is 4540. The lowest BCUT2D eigenvalue weighted by atomic mass is 10.0. The molecule has 0 amide bonds. The molecule has 0 radical (unpaired) electrons. The number of benzene rings is 8. The molecule has 0 unspecified atom stereocenters. The summed E-state index contributed by atoms with van der Waals surface area (Å²) in [6.45, 7) is 1.63. The predicted molar refractivity (Wildman–Crippen MR) is 291 cm³/mol. The third kappa shape index (κ3) is 12.1. The molecule has 0 atom stereocenters. The van der Waals surface area contributed by atoms with Gasteiger partial charge in [0.05, 0.1) is 84.4 Å². The molecule has 0 saturated heterocycles. The summed E-state index contributed by atoms with van der Waals surface area (Å²) in [4.78, 5) is -1.13. The Morgan fingerprint density at radius 2 is 0.963 bits per heavy atom. The van der Waals surface area contributed by atoms with Gasteiger partial charge in [-0.15, -0.1) is 35.8 Å². The molecule has 416 valence electrons. The van der Waals surface area contributed by atoms with Crippen LogP contribution in [0.4, 0.5) is 51.2 Å². The van der Waals surface area contributed by atoms with Gasteiger partial charge in [-0.3, -0.25) is 16.7 Å². The maximum Gasteiger partial charge on any atom is 0.306 e. The van der Waals surface area contributed by atoms with Gasteiger partial charge in [-0.1, -0.05) is 30.3 Å². The van der Waals surface area contributed by atoms with Crippen molar-refractivity contribution in [3.05, 3.63) is 121 Å². The summed E-state index contributed by atoms with van der Waals surface area (Å²) in [5, 5.41) is 46.9. The molecule has 0 spiro atoms. The number of hydrogen-bond acceptors (Lipinski definition) is 26. The van der Waals surface area contributed by atoms with Crippen LogP contribution in [0.25, 0.3) is 32.3 Å². The molecule has 3 N–H and O–H groups in total. The van der Waals surface area contributed by atoms with Crippen molar-refractivity contribution in [3.63, 3.8) is 0 Å². The van der Waals surface area contributed by atoms with Gasteiger partial charge in [0.1, 0.15) is 27.7 Å². The molecule has 0 aromatic heterocycles. The smallest absolute Gasteiger partial charge is 0.306 e. The monoisotopic (exact) mass is 1190 g/mol. The first-order valence-electron chi connectivity index (χ1n) is 22.7. The third-order valence-electron chi connectivity index (χ3n) is 11.5. The van der Waals surface area contributed by atoms with Crippen LogP contribution < -0.4 is 14.7 Å². The van der Waals surface area contributed by atoms with Crippen molar-refractivity contribution in [3.8, 4) is 17.2 Å². The number of nitrogens with two attached hydrogens (primary N) is 1. The number of fused-ring (bicyclic) bond motifs is 3. The van der Waals surface area contributed by atoms with E-state index in [1.54, 1.807) is 6.92 Å². The summed E-state index contributed by atoms with van der Waals surface area (Å²) >= 11 is 0.